The number of likely N-dealkylation sites (tertiary alicyclic amines) is 1. The molecule has 2 N–H and O–H groups in total. The SMILES string of the molecule is Cl.O=C(CCN1CCC2CNCC2C1)Nc1cccc(Cl)c1. The molecule has 0 aliphatic carbocycles. The molecule has 1 amide bonds. The summed E-state index contributed by atoms with van der Waals surface area (Å²) in [6, 6.07) is 7.28. The molecule has 1 aromatic rings. The molecule has 2 fully saturated rings. The normalized spacial score (nSPS) is 24.4. The van der Waals surface area contributed by atoms with Gasteiger partial charge in [-0.2, -0.15) is 0 Å². The number of halogens is 2. The lowest BCUT2D eigenvalue weighted by Crippen LogP contribution is -2.41. The predicted molar refractivity (Wildman–Crippen MR) is 92.9 cm³/mol. The highest BCUT2D eigenvalue weighted by Crippen LogP contribution is 2.26. The fourth-order valence-corrected chi connectivity index (χ4v) is 3.55. The number of piperidine rings is 1. The van der Waals surface area contributed by atoms with Crippen molar-refractivity contribution < 1.29 is 4.79 Å². The minimum atomic E-state index is 0. The first-order valence-electron chi connectivity index (χ1n) is 7.69. The van der Waals surface area contributed by atoms with Crippen LogP contribution in [-0.2, 0) is 4.79 Å². The number of nitrogens with one attached hydrogen (secondary N) is 2. The predicted octanol–water partition coefficient (Wildman–Crippen LogP) is 2.63. The van der Waals surface area contributed by atoms with Gasteiger partial charge in [-0.05, 0) is 56.1 Å². The lowest BCUT2D eigenvalue weighted by atomic mass is 9.89. The lowest BCUT2D eigenvalue weighted by molar-refractivity contribution is -0.116. The first-order chi connectivity index (χ1) is 10.2. The van der Waals surface area contributed by atoms with E-state index in [1.165, 1.54) is 13.0 Å². The molecule has 2 heterocycles. The van der Waals surface area contributed by atoms with Gasteiger partial charge in [0.05, 0.1) is 0 Å². The zero-order valence-corrected chi connectivity index (χ0v) is 14.1. The zero-order chi connectivity index (χ0) is 14.7. The molecule has 2 unspecified atom stereocenters. The summed E-state index contributed by atoms with van der Waals surface area (Å²) in [4.78, 5) is 14.4. The number of rotatable bonds is 4. The third-order valence-corrected chi connectivity index (χ3v) is 4.79. The molecule has 2 aliphatic rings. The Bertz CT molecular complexity index is 512. The van der Waals surface area contributed by atoms with E-state index in [4.69, 9.17) is 11.6 Å². The van der Waals surface area contributed by atoms with Gasteiger partial charge in [0.25, 0.3) is 0 Å². The molecule has 0 bridgehead atoms. The Morgan fingerprint density at radius 3 is 3.00 bits per heavy atom. The number of fused-ring (bicyclic) bond motifs is 1. The van der Waals surface area contributed by atoms with Crippen molar-refractivity contribution in [2.24, 2.45) is 11.8 Å². The Kier molecular flexibility index (Phi) is 6.50. The molecule has 0 radical (unpaired) electrons. The number of hydrogen-bond donors (Lipinski definition) is 2. The maximum Gasteiger partial charge on any atom is 0.225 e. The number of amides is 1. The van der Waals surface area contributed by atoms with E-state index in [0.717, 1.165) is 43.7 Å². The fourth-order valence-electron chi connectivity index (χ4n) is 3.36. The number of carbonyl (C=O) groups excluding carboxylic acids is 1. The average molecular weight is 344 g/mol. The van der Waals surface area contributed by atoms with Crippen LogP contribution < -0.4 is 10.6 Å². The van der Waals surface area contributed by atoms with Crippen molar-refractivity contribution in [1.82, 2.24) is 10.2 Å². The van der Waals surface area contributed by atoms with E-state index in [1.54, 1.807) is 12.1 Å². The van der Waals surface area contributed by atoms with E-state index >= 15 is 0 Å². The number of benzene rings is 1. The van der Waals surface area contributed by atoms with Gasteiger partial charge in [-0.1, -0.05) is 17.7 Å². The van der Waals surface area contributed by atoms with Crippen molar-refractivity contribution in [3.8, 4) is 0 Å². The van der Waals surface area contributed by atoms with Gasteiger partial charge in [0, 0.05) is 30.2 Å². The number of carbonyl (C=O) groups is 1. The van der Waals surface area contributed by atoms with Gasteiger partial charge in [-0.25, -0.2) is 0 Å². The first kappa shape index (κ1) is 17.5. The van der Waals surface area contributed by atoms with Crippen molar-refractivity contribution in [3.63, 3.8) is 0 Å². The van der Waals surface area contributed by atoms with Crippen LogP contribution >= 0.6 is 24.0 Å². The van der Waals surface area contributed by atoms with Gasteiger partial charge in [0.1, 0.15) is 0 Å². The van der Waals surface area contributed by atoms with Gasteiger partial charge < -0.3 is 15.5 Å². The molecule has 0 spiro atoms. The highest BCUT2D eigenvalue weighted by Gasteiger charge is 2.32. The summed E-state index contributed by atoms with van der Waals surface area (Å²) < 4.78 is 0. The summed E-state index contributed by atoms with van der Waals surface area (Å²) >= 11 is 5.91. The number of anilines is 1. The molecule has 22 heavy (non-hydrogen) atoms. The van der Waals surface area contributed by atoms with Gasteiger partial charge in [0.15, 0.2) is 0 Å². The van der Waals surface area contributed by atoms with Crippen LogP contribution in [0.4, 0.5) is 5.69 Å². The Labute approximate surface area is 143 Å². The second kappa shape index (κ2) is 8.16. The maximum absolute atomic E-state index is 12.0. The molecule has 122 valence electrons. The highest BCUT2D eigenvalue weighted by atomic mass is 35.5. The number of hydrogen-bond acceptors (Lipinski definition) is 3. The van der Waals surface area contributed by atoms with E-state index in [1.807, 2.05) is 12.1 Å². The molecule has 0 saturated carbocycles. The molecule has 6 heteroatoms. The Morgan fingerprint density at radius 1 is 1.36 bits per heavy atom. The average Bonchev–Trinajstić information content (AvgIpc) is 2.92. The van der Waals surface area contributed by atoms with Gasteiger partial charge in [0.2, 0.25) is 5.91 Å². The largest absolute Gasteiger partial charge is 0.326 e. The number of nitrogens with zero attached hydrogens (tertiary/aromatic N) is 1. The summed E-state index contributed by atoms with van der Waals surface area (Å²) in [6.07, 6.45) is 1.80. The van der Waals surface area contributed by atoms with Crippen molar-refractivity contribution in [3.05, 3.63) is 29.3 Å². The maximum atomic E-state index is 12.0. The van der Waals surface area contributed by atoms with Gasteiger partial charge in [-0.15, -0.1) is 12.4 Å². The topological polar surface area (TPSA) is 44.4 Å². The van der Waals surface area contributed by atoms with Crippen LogP contribution in [0.15, 0.2) is 24.3 Å². The molecule has 2 saturated heterocycles. The van der Waals surface area contributed by atoms with Crippen molar-refractivity contribution >= 4 is 35.6 Å². The van der Waals surface area contributed by atoms with Crippen LogP contribution in [0.3, 0.4) is 0 Å². The van der Waals surface area contributed by atoms with Crippen molar-refractivity contribution in [1.29, 1.82) is 0 Å². The molecule has 1 aromatic carbocycles. The fraction of sp³-hybridized carbons (Fsp3) is 0.562. The summed E-state index contributed by atoms with van der Waals surface area (Å²) in [5.41, 5.74) is 0.770. The smallest absolute Gasteiger partial charge is 0.225 e. The minimum Gasteiger partial charge on any atom is -0.326 e. The summed E-state index contributed by atoms with van der Waals surface area (Å²) in [5.74, 6) is 1.68. The molecule has 0 aromatic heterocycles. The van der Waals surface area contributed by atoms with Gasteiger partial charge in [-0.3, -0.25) is 4.79 Å². The lowest BCUT2D eigenvalue weighted by Gasteiger charge is -2.34. The molecular formula is C16H23Cl2N3O. The summed E-state index contributed by atoms with van der Waals surface area (Å²) in [7, 11) is 0. The minimum absolute atomic E-state index is 0. The van der Waals surface area contributed by atoms with Crippen LogP contribution in [0.25, 0.3) is 0 Å². The van der Waals surface area contributed by atoms with Crippen LogP contribution in [0, 0.1) is 11.8 Å². The Hall–Kier alpha value is -0.810. The second-order valence-electron chi connectivity index (χ2n) is 6.08. The Balaban J connectivity index is 0.00000176. The van der Waals surface area contributed by atoms with Crippen LogP contribution in [0.1, 0.15) is 12.8 Å². The second-order valence-corrected chi connectivity index (χ2v) is 6.51. The first-order valence-corrected chi connectivity index (χ1v) is 8.07. The van der Waals surface area contributed by atoms with Crippen molar-refractivity contribution in [2.45, 2.75) is 12.8 Å². The van der Waals surface area contributed by atoms with Crippen LogP contribution in [0.5, 0.6) is 0 Å². The quantitative estimate of drug-likeness (QED) is 0.883. The van der Waals surface area contributed by atoms with Crippen molar-refractivity contribution in [2.75, 3.05) is 38.0 Å². The Morgan fingerprint density at radius 2 is 2.18 bits per heavy atom. The highest BCUT2D eigenvalue weighted by molar-refractivity contribution is 6.30. The van der Waals surface area contributed by atoms with E-state index in [9.17, 15) is 4.79 Å². The van der Waals surface area contributed by atoms with E-state index in [2.05, 4.69) is 15.5 Å². The third kappa shape index (κ3) is 4.59. The standard InChI is InChI=1S/C16H22ClN3O.ClH/c17-14-2-1-3-15(8-14)19-16(21)5-7-20-6-4-12-9-18-10-13(12)11-20;/h1-3,8,12-13,18H,4-7,9-11H2,(H,19,21);1H. The third-order valence-electron chi connectivity index (χ3n) is 4.55. The summed E-state index contributed by atoms with van der Waals surface area (Å²) in [5, 5.41) is 7.02. The molecular weight excluding hydrogens is 321 g/mol. The monoisotopic (exact) mass is 343 g/mol. The van der Waals surface area contributed by atoms with E-state index < -0.39 is 0 Å². The molecule has 2 atom stereocenters. The molecule has 4 nitrogen and oxygen atoms in total. The van der Waals surface area contributed by atoms with E-state index in [-0.39, 0.29) is 18.3 Å². The van der Waals surface area contributed by atoms with Crippen LogP contribution in [0.2, 0.25) is 5.02 Å². The molecule has 2 aliphatic heterocycles. The zero-order valence-electron chi connectivity index (χ0n) is 12.6. The van der Waals surface area contributed by atoms with Gasteiger partial charge >= 0.3 is 0 Å². The van der Waals surface area contributed by atoms with E-state index in [0.29, 0.717) is 11.4 Å². The summed E-state index contributed by atoms with van der Waals surface area (Å²) in [6.45, 7) is 5.40. The molecule has 3 rings (SSSR count). The van der Waals surface area contributed by atoms with Crippen LogP contribution in [-0.4, -0.2) is 43.5 Å².